The second-order valence-corrected chi connectivity index (χ2v) is 5.08. The summed E-state index contributed by atoms with van der Waals surface area (Å²) in [6, 6.07) is 12.6. The van der Waals surface area contributed by atoms with Gasteiger partial charge >= 0.3 is 0 Å². The highest BCUT2D eigenvalue weighted by Crippen LogP contribution is 2.31. The van der Waals surface area contributed by atoms with Crippen molar-refractivity contribution in [3.8, 4) is 17.2 Å². The van der Waals surface area contributed by atoms with E-state index in [2.05, 4.69) is 22.9 Å². The molecule has 0 saturated heterocycles. The number of hydrogen-bond donors (Lipinski definition) is 0. The summed E-state index contributed by atoms with van der Waals surface area (Å²) in [7, 11) is 0. The van der Waals surface area contributed by atoms with Gasteiger partial charge in [0.2, 0.25) is 0 Å². The molecule has 0 unspecified atom stereocenters. The molecule has 0 aliphatic rings. The van der Waals surface area contributed by atoms with Crippen molar-refractivity contribution in [1.29, 1.82) is 0 Å². The van der Waals surface area contributed by atoms with Crippen LogP contribution in [0.2, 0.25) is 0 Å². The maximum Gasteiger partial charge on any atom is 0.150 e. The fraction of sp³-hybridized carbons (Fsp3) is 0.188. The van der Waals surface area contributed by atoms with Gasteiger partial charge in [-0.15, -0.1) is 0 Å². The summed E-state index contributed by atoms with van der Waals surface area (Å²) in [6.45, 7) is 2.77. The molecule has 3 nitrogen and oxygen atoms in total. The fourth-order valence-electron chi connectivity index (χ4n) is 1.62. The van der Waals surface area contributed by atoms with E-state index in [9.17, 15) is 4.79 Å². The standard InChI is InChI=1S/C16H15BrO3/c1-2-9-19-13-4-6-14(7-5-13)20-16-8-3-12(11-18)10-15(16)17/h3-8,10-11H,2,9H2,1H3. The van der Waals surface area contributed by atoms with Gasteiger partial charge < -0.3 is 9.47 Å². The zero-order valence-corrected chi connectivity index (χ0v) is 12.7. The van der Waals surface area contributed by atoms with Crippen LogP contribution in [-0.2, 0) is 0 Å². The number of hydrogen-bond acceptors (Lipinski definition) is 3. The zero-order chi connectivity index (χ0) is 14.4. The van der Waals surface area contributed by atoms with E-state index in [-0.39, 0.29) is 0 Å². The van der Waals surface area contributed by atoms with Crippen molar-refractivity contribution in [2.45, 2.75) is 13.3 Å². The van der Waals surface area contributed by atoms with E-state index in [0.717, 1.165) is 22.9 Å². The normalized spacial score (nSPS) is 10.1. The highest BCUT2D eigenvalue weighted by molar-refractivity contribution is 9.10. The van der Waals surface area contributed by atoms with Crippen molar-refractivity contribution >= 4 is 22.2 Å². The highest BCUT2D eigenvalue weighted by atomic mass is 79.9. The predicted octanol–water partition coefficient (Wildman–Crippen LogP) is 4.84. The molecular weight excluding hydrogens is 320 g/mol. The molecule has 0 fully saturated rings. The quantitative estimate of drug-likeness (QED) is 0.709. The summed E-state index contributed by atoms with van der Waals surface area (Å²) in [6.07, 6.45) is 1.78. The fourth-order valence-corrected chi connectivity index (χ4v) is 2.10. The molecule has 0 N–H and O–H groups in total. The van der Waals surface area contributed by atoms with E-state index in [0.29, 0.717) is 23.7 Å². The smallest absolute Gasteiger partial charge is 0.150 e. The van der Waals surface area contributed by atoms with Gasteiger partial charge in [0.1, 0.15) is 23.5 Å². The van der Waals surface area contributed by atoms with Gasteiger partial charge in [-0.2, -0.15) is 0 Å². The van der Waals surface area contributed by atoms with Gasteiger partial charge in [0.15, 0.2) is 0 Å². The minimum atomic E-state index is 0.604. The van der Waals surface area contributed by atoms with Crippen LogP contribution in [0.25, 0.3) is 0 Å². The zero-order valence-electron chi connectivity index (χ0n) is 11.1. The minimum Gasteiger partial charge on any atom is -0.494 e. The molecule has 2 aromatic rings. The summed E-state index contributed by atoms with van der Waals surface area (Å²) >= 11 is 3.39. The van der Waals surface area contributed by atoms with Gasteiger partial charge in [-0.3, -0.25) is 4.79 Å². The predicted molar refractivity (Wildman–Crippen MR) is 81.8 cm³/mol. The van der Waals surface area contributed by atoms with Crippen molar-refractivity contribution in [2.24, 2.45) is 0 Å². The Morgan fingerprint density at radius 1 is 1.10 bits per heavy atom. The van der Waals surface area contributed by atoms with Gasteiger partial charge in [-0.25, -0.2) is 0 Å². The minimum absolute atomic E-state index is 0.604. The first-order valence-electron chi connectivity index (χ1n) is 6.38. The monoisotopic (exact) mass is 334 g/mol. The first-order chi connectivity index (χ1) is 9.72. The highest BCUT2D eigenvalue weighted by Gasteiger charge is 2.04. The van der Waals surface area contributed by atoms with Crippen molar-refractivity contribution in [3.63, 3.8) is 0 Å². The molecule has 0 bridgehead atoms. The van der Waals surface area contributed by atoms with Crippen molar-refractivity contribution in [2.75, 3.05) is 6.61 Å². The topological polar surface area (TPSA) is 35.5 Å². The summed E-state index contributed by atoms with van der Waals surface area (Å²) in [5.74, 6) is 2.21. The molecule has 0 atom stereocenters. The Kier molecular flexibility index (Phi) is 5.18. The number of benzene rings is 2. The van der Waals surface area contributed by atoms with Gasteiger partial charge in [0, 0.05) is 5.56 Å². The molecule has 0 amide bonds. The van der Waals surface area contributed by atoms with Crippen LogP contribution in [0.4, 0.5) is 0 Å². The Bertz CT molecular complexity index is 579. The van der Waals surface area contributed by atoms with Crippen LogP contribution in [0.5, 0.6) is 17.2 Å². The lowest BCUT2D eigenvalue weighted by atomic mass is 10.2. The van der Waals surface area contributed by atoms with Crippen molar-refractivity contribution in [1.82, 2.24) is 0 Å². The van der Waals surface area contributed by atoms with Crippen LogP contribution < -0.4 is 9.47 Å². The Labute approximate surface area is 126 Å². The summed E-state index contributed by atoms with van der Waals surface area (Å²) in [4.78, 5) is 10.7. The van der Waals surface area contributed by atoms with Crippen LogP contribution in [0.1, 0.15) is 23.7 Å². The van der Waals surface area contributed by atoms with E-state index >= 15 is 0 Å². The largest absolute Gasteiger partial charge is 0.494 e. The molecule has 0 heterocycles. The second kappa shape index (κ2) is 7.10. The Hall–Kier alpha value is -1.81. The van der Waals surface area contributed by atoms with Gasteiger partial charge in [0.05, 0.1) is 11.1 Å². The molecule has 0 spiro atoms. The Morgan fingerprint density at radius 3 is 2.40 bits per heavy atom. The number of carbonyl (C=O) groups excluding carboxylic acids is 1. The lowest BCUT2D eigenvalue weighted by Gasteiger charge is -2.09. The van der Waals surface area contributed by atoms with E-state index in [4.69, 9.17) is 9.47 Å². The number of carbonyl (C=O) groups is 1. The summed E-state index contributed by atoms with van der Waals surface area (Å²) in [5, 5.41) is 0. The number of aldehydes is 1. The molecule has 0 aliphatic heterocycles. The average molecular weight is 335 g/mol. The third-order valence-electron chi connectivity index (χ3n) is 2.62. The molecule has 0 saturated carbocycles. The third kappa shape index (κ3) is 3.84. The lowest BCUT2D eigenvalue weighted by Crippen LogP contribution is -1.94. The average Bonchev–Trinajstić information content (AvgIpc) is 2.48. The van der Waals surface area contributed by atoms with Gasteiger partial charge in [-0.1, -0.05) is 6.92 Å². The first-order valence-corrected chi connectivity index (χ1v) is 7.17. The molecule has 20 heavy (non-hydrogen) atoms. The molecular formula is C16H15BrO3. The molecule has 0 aromatic heterocycles. The number of ether oxygens (including phenoxy) is 2. The molecule has 4 heteroatoms. The SMILES string of the molecule is CCCOc1ccc(Oc2ccc(C=O)cc2Br)cc1. The van der Waals surface area contributed by atoms with Crippen LogP contribution in [0.3, 0.4) is 0 Å². The van der Waals surface area contributed by atoms with E-state index in [1.54, 1.807) is 18.2 Å². The third-order valence-corrected chi connectivity index (χ3v) is 3.24. The van der Waals surface area contributed by atoms with Crippen LogP contribution in [0.15, 0.2) is 46.9 Å². The summed E-state index contributed by atoms with van der Waals surface area (Å²) < 4.78 is 12.0. The summed E-state index contributed by atoms with van der Waals surface area (Å²) in [5.41, 5.74) is 0.604. The van der Waals surface area contributed by atoms with Crippen molar-refractivity contribution in [3.05, 3.63) is 52.5 Å². The van der Waals surface area contributed by atoms with Gasteiger partial charge in [0.25, 0.3) is 0 Å². The maximum atomic E-state index is 10.7. The van der Waals surface area contributed by atoms with Crippen molar-refractivity contribution < 1.29 is 14.3 Å². The van der Waals surface area contributed by atoms with Crippen LogP contribution in [0, 0.1) is 0 Å². The van der Waals surface area contributed by atoms with E-state index in [1.807, 2.05) is 24.3 Å². The molecule has 0 aliphatic carbocycles. The maximum absolute atomic E-state index is 10.7. The Morgan fingerprint density at radius 2 is 1.80 bits per heavy atom. The molecule has 0 radical (unpaired) electrons. The van der Waals surface area contributed by atoms with E-state index < -0.39 is 0 Å². The lowest BCUT2D eigenvalue weighted by molar-refractivity contribution is 0.112. The second-order valence-electron chi connectivity index (χ2n) is 4.23. The number of rotatable bonds is 6. The van der Waals surface area contributed by atoms with E-state index in [1.165, 1.54) is 0 Å². The van der Waals surface area contributed by atoms with Crippen LogP contribution >= 0.6 is 15.9 Å². The number of halogens is 1. The Balaban J connectivity index is 2.08. The molecule has 2 rings (SSSR count). The molecule has 2 aromatic carbocycles. The first kappa shape index (κ1) is 14.6. The van der Waals surface area contributed by atoms with Crippen LogP contribution in [-0.4, -0.2) is 12.9 Å². The molecule has 104 valence electrons. The van der Waals surface area contributed by atoms with Gasteiger partial charge in [-0.05, 0) is 64.8 Å².